The summed E-state index contributed by atoms with van der Waals surface area (Å²) in [4.78, 5) is 15.7. The van der Waals surface area contributed by atoms with E-state index in [9.17, 15) is 4.79 Å². The number of benzene rings is 2. The molecule has 2 unspecified atom stereocenters. The number of nitrogens with zero attached hydrogens (tertiary/aromatic N) is 1. The fourth-order valence-corrected chi connectivity index (χ4v) is 4.46. The second-order valence-electron chi connectivity index (χ2n) is 8.23. The Labute approximate surface area is 167 Å². The summed E-state index contributed by atoms with van der Waals surface area (Å²) in [7, 11) is 0. The third-order valence-electron chi connectivity index (χ3n) is 5.76. The van der Waals surface area contributed by atoms with E-state index in [2.05, 4.69) is 35.2 Å². The highest BCUT2D eigenvalue weighted by atomic mass is 16.5. The Morgan fingerprint density at radius 3 is 2.29 bits per heavy atom. The Hall–Kier alpha value is -2.17. The van der Waals surface area contributed by atoms with E-state index in [0.717, 1.165) is 30.7 Å². The molecule has 2 atom stereocenters. The summed E-state index contributed by atoms with van der Waals surface area (Å²) in [5.74, 6) is 1.14. The van der Waals surface area contributed by atoms with Crippen LogP contribution in [0.1, 0.15) is 42.6 Å². The van der Waals surface area contributed by atoms with Gasteiger partial charge < -0.3 is 9.47 Å². The van der Waals surface area contributed by atoms with Crippen LogP contribution in [0.2, 0.25) is 0 Å². The van der Waals surface area contributed by atoms with Crippen LogP contribution >= 0.6 is 0 Å². The second-order valence-corrected chi connectivity index (χ2v) is 8.23. The Morgan fingerprint density at radius 1 is 1.04 bits per heavy atom. The molecule has 2 heterocycles. The lowest BCUT2D eigenvalue weighted by atomic mass is 9.80. The number of carbonyl (C=O) groups excluding carboxylic acids is 1. The third kappa shape index (κ3) is 4.29. The highest BCUT2D eigenvalue weighted by Gasteiger charge is 2.41. The van der Waals surface area contributed by atoms with E-state index < -0.39 is 0 Å². The van der Waals surface area contributed by atoms with E-state index in [1.54, 1.807) is 0 Å². The summed E-state index contributed by atoms with van der Waals surface area (Å²) in [6.07, 6.45) is 1.87. The molecule has 0 saturated carbocycles. The van der Waals surface area contributed by atoms with Gasteiger partial charge >= 0.3 is 0 Å². The molecule has 2 saturated heterocycles. The normalized spacial score (nSPS) is 24.9. The third-order valence-corrected chi connectivity index (χ3v) is 5.76. The molecule has 0 aliphatic carbocycles. The van der Waals surface area contributed by atoms with E-state index in [0.29, 0.717) is 25.3 Å². The quantitative estimate of drug-likeness (QED) is 0.700. The molecule has 4 nitrogen and oxygen atoms in total. The molecule has 2 aliphatic heterocycles. The molecule has 0 radical (unpaired) electrons. The predicted octanol–water partition coefficient (Wildman–Crippen LogP) is 4.34. The zero-order valence-corrected chi connectivity index (χ0v) is 16.7. The maximum Gasteiger partial charge on any atom is 0.166 e. The summed E-state index contributed by atoms with van der Waals surface area (Å²) < 4.78 is 11.5. The van der Waals surface area contributed by atoms with Crippen LogP contribution in [0.5, 0.6) is 5.75 Å². The van der Waals surface area contributed by atoms with Gasteiger partial charge in [0.1, 0.15) is 5.75 Å². The maximum absolute atomic E-state index is 13.1. The SMILES string of the molecule is CC(C)Oc1ccc(C(=O)C2CC3COCC(C2)N3Cc2ccccc2)cc1. The van der Waals surface area contributed by atoms with Gasteiger partial charge in [0.05, 0.1) is 19.3 Å². The number of Topliss-reactive ketones (excluding diaryl/α,β-unsaturated/α-hetero) is 1. The first-order chi connectivity index (χ1) is 13.6. The first-order valence-corrected chi connectivity index (χ1v) is 10.3. The average Bonchev–Trinajstić information content (AvgIpc) is 2.68. The van der Waals surface area contributed by atoms with Gasteiger partial charge in [0.15, 0.2) is 5.78 Å². The minimum atomic E-state index is 0.0720. The number of hydrogen-bond donors (Lipinski definition) is 0. The lowest BCUT2D eigenvalue weighted by molar-refractivity contribution is -0.0872. The molecule has 0 spiro atoms. The van der Waals surface area contributed by atoms with Gasteiger partial charge in [-0.1, -0.05) is 30.3 Å². The number of rotatable bonds is 6. The molecule has 2 fully saturated rings. The molecule has 0 aromatic heterocycles. The Morgan fingerprint density at radius 2 is 1.68 bits per heavy atom. The van der Waals surface area contributed by atoms with Crippen LogP contribution in [0, 0.1) is 5.92 Å². The summed E-state index contributed by atoms with van der Waals surface area (Å²) in [5.41, 5.74) is 2.11. The van der Waals surface area contributed by atoms with Crippen LogP contribution in [0.15, 0.2) is 54.6 Å². The first-order valence-electron chi connectivity index (χ1n) is 10.3. The molecule has 148 valence electrons. The Balaban J connectivity index is 1.44. The summed E-state index contributed by atoms with van der Waals surface area (Å²) >= 11 is 0. The fraction of sp³-hybridized carbons (Fsp3) is 0.458. The standard InChI is InChI=1S/C24H29NO3/c1-17(2)28-23-10-8-19(9-11-23)24(26)20-12-21-15-27-16-22(13-20)25(21)14-18-6-4-3-5-7-18/h3-11,17,20-22H,12-16H2,1-2H3. The van der Waals surface area contributed by atoms with Gasteiger partial charge in [0, 0.05) is 30.1 Å². The molecular formula is C24H29NO3. The van der Waals surface area contributed by atoms with E-state index >= 15 is 0 Å². The number of ether oxygens (including phenoxy) is 2. The van der Waals surface area contributed by atoms with Crippen molar-refractivity contribution in [1.29, 1.82) is 0 Å². The summed E-state index contributed by atoms with van der Waals surface area (Å²) in [6, 6.07) is 18.8. The van der Waals surface area contributed by atoms with Crippen molar-refractivity contribution in [3.63, 3.8) is 0 Å². The zero-order chi connectivity index (χ0) is 19.5. The minimum Gasteiger partial charge on any atom is -0.491 e. The number of carbonyl (C=O) groups is 1. The average molecular weight is 380 g/mol. The van der Waals surface area contributed by atoms with E-state index in [1.807, 2.05) is 38.1 Å². The molecule has 2 aromatic carbocycles. The van der Waals surface area contributed by atoms with Gasteiger partial charge in [-0.25, -0.2) is 0 Å². The smallest absolute Gasteiger partial charge is 0.166 e. The number of ketones is 1. The second kappa shape index (κ2) is 8.46. The van der Waals surface area contributed by atoms with Gasteiger partial charge in [0.25, 0.3) is 0 Å². The Kier molecular flexibility index (Phi) is 5.79. The lowest BCUT2D eigenvalue weighted by Gasteiger charge is -2.48. The van der Waals surface area contributed by atoms with Crippen molar-refractivity contribution in [3.8, 4) is 5.75 Å². The van der Waals surface area contributed by atoms with Crippen molar-refractivity contribution in [2.45, 2.75) is 51.4 Å². The molecular weight excluding hydrogens is 350 g/mol. The van der Waals surface area contributed by atoms with Crippen molar-refractivity contribution in [2.75, 3.05) is 13.2 Å². The minimum absolute atomic E-state index is 0.0720. The highest BCUT2D eigenvalue weighted by molar-refractivity contribution is 5.98. The van der Waals surface area contributed by atoms with Crippen LogP contribution in [0.25, 0.3) is 0 Å². The molecule has 0 N–H and O–H groups in total. The molecule has 2 aromatic rings. The molecule has 28 heavy (non-hydrogen) atoms. The van der Waals surface area contributed by atoms with Crippen molar-refractivity contribution < 1.29 is 14.3 Å². The maximum atomic E-state index is 13.1. The molecule has 2 aliphatic rings. The van der Waals surface area contributed by atoms with E-state index in [1.165, 1.54) is 5.56 Å². The van der Waals surface area contributed by atoms with E-state index in [-0.39, 0.29) is 17.8 Å². The van der Waals surface area contributed by atoms with Crippen LogP contribution in [-0.4, -0.2) is 42.1 Å². The van der Waals surface area contributed by atoms with Gasteiger partial charge in [-0.15, -0.1) is 0 Å². The molecule has 4 heteroatoms. The van der Waals surface area contributed by atoms with Gasteiger partial charge in [-0.2, -0.15) is 0 Å². The summed E-state index contributed by atoms with van der Waals surface area (Å²) in [6.45, 7) is 6.37. The molecule has 4 rings (SSSR count). The Bertz CT molecular complexity index is 773. The highest BCUT2D eigenvalue weighted by Crippen LogP contribution is 2.34. The number of piperidine rings is 1. The largest absolute Gasteiger partial charge is 0.491 e. The van der Waals surface area contributed by atoms with Crippen molar-refractivity contribution in [2.24, 2.45) is 5.92 Å². The fourth-order valence-electron chi connectivity index (χ4n) is 4.46. The van der Waals surface area contributed by atoms with Crippen LogP contribution in [0.4, 0.5) is 0 Å². The van der Waals surface area contributed by atoms with Gasteiger partial charge in [-0.05, 0) is 56.5 Å². The summed E-state index contributed by atoms with van der Waals surface area (Å²) in [5, 5.41) is 0. The van der Waals surface area contributed by atoms with E-state index in [4.69, 9.17) is 9.47 Å². The monoisotopic (exact) mass is 379 g/mol. The van der Waals surface area contributed by atoms with Crippen LogP contribution < -0.4 is 4.74 Å². The lowest BCUT2D eigenvalue weighted by Crippen LogP contribution is -2.57. The van der Waals surface area contributed by atoms with Gasteiger partial charge in [0.2, 0.25) is 0 Å². The van der Waals surface area contributed by atoms with Crippen LogP contribution in [-0.2, 0) is 11.3 Å². The molecule has 2 bridgehead atoms. The predicted molar refractivity (Wildman–Crippen MR) is 110 cm³/mol. The van der Waals surface area contributed by atoms with Gasteiger partial charge in [-0.3, -0.25) is 9.69 Å². The topological polar surface area (TPSA) is 38.8 Å². The van der Waals surface area contributed by atoms with Crippen LogP contribution in [0.3, 0.4) is 0 Å². The zero-order valence-electron chi connectivity index (χ0n) is 16.7. The van der Waals surface area contributed by atoms with Crippen molar-refractivity contribution in [1.82, 2.24) is 4.90 Å². The van der Waals surface area contributed by atoms with Crippen molar-refractivity contribution in [3.05, 3.63) is 65.7 Å². The molecule has 0 amide bonds. The number of fused-ring (bicyclic) bond motifs is 2. The number of morpholine rings is 1. The van der Waals surface area contributed by atoms with Crippen molar-refractivity contribution >= 4 is 5.78 Å². The first kappa shape index (κ1) is 19.2. The number of hydrogen-bond acceptors (Lipinski definition) is 4.